The normalized spacial score (nSPS) is 11.5. The van der Waals surface area contributed by atoms with Gasteiger partial charge in [-0.25, -0.2) is 0 Å². The Bertz CT molecular complexity index is 816. The maximum atomic E-state index is 12.1. The molecule has 0 aromatic heterocycles. The molecule has 2 aromatic carbocycles. The van der Waals surface area contributed by atoms with Crippen molar-refractivity contribution in [2.75, 3.05) is 5.32 Å². The van der Waals surface area contributed by atoms with E-state index in [9.17, 15) is 14.9 Å². The molecule has 0 atom stereocenters. The minimum Gasteiger partial charge on any atom is -0.317 e. The van der Waals surface area contributed by atoms with Gasteiger partial charge in [0.05, 0.1) is 4.92 Å². The summed E-state index contributed by atoms with van der Waals surface area (Å²) in [6, 6.07) is 12.6. The van der Waals surface area contributed by atoms with E-state index in [2.05, 4.69) is 26.1 Å². The number of nitrogens with one attached hydrogen (secondary N) is 1. The third-order valence-electron chi connectivity index (χ3n) is 3.81. The second-order valence-electron chi connectivity index (χ2n) is 6.97. The van der Waals surface area contributed by atoms with Crippen LogP contribution >= 0.6 is 0 Å². The number of aryl methyl sites for hydroxylation is 1. The summed E-state index contributed by atoms with van der Waals surface area (Å²) < 4.78 is 0. The van der Waals surface area contributed by atoms with Gasteiger partial charge in [-0.2, -0.15) is 0 Å². The number of amides is 1. The number of nitro benzene ring substituents is 1. The summed E-state index contributed by atoms with van der Waals surface area (Å²) >= 11 is 0. The van der Waals surface area contributed by atoms with Gasteiger partial charge in [0.15, 0.2) is 0 Å². The molecule has 1 N–H and O–H groups in total. The number of benzene rings is 2. The molecule has 130 valence electrons. The number of rotatable bonds is 4. The van der Waals surface area contributed by atoms with Gasteiger partial charge in [0, 0.05) is 12.1 Å². The van der Waals surface area contributed by atoms with Crippen LogP contribution < -0.4 is 5.32 Å². The minimum absolute atomic E-state index is 0.0734. The van der Waals surface area contributed by atoms with Gasteiger partial charge in [0.25, 0.3) is 5.69 Å². The Balaban J connectivity index is 2.10. The second-order valence-corrected chi connectivity index (χ2v) is 6.97. The van der Waals surface area contributed by atoms with Crippen LogP contribution in [0.1, 0.15) is 37.5 Å². The fraction of sp³-hybridized carbons (Fsp3) is 0.250. The van der Waals surface area contributed by atoms with Gasteiger partial charge in [-0.1, -0.05) is 51.1 Å². The molecule has 5 nitrogen and oxygen atoms in total. The summed E-state index contributed by atoms with van der Waals surface area (Å²) in [5.74, 6) is -0.410. The van der Waals surface area contributed by atoms with Crippen molar-refractivity contribution in [1.82, 2.24) is 0 Å². The van der Waals surface area contributed by atoms with Crippen LogP contribution in [0, 0.1) is 17.0 Å². The van der Waals surface area contributed by atoms with Gasteiger partial charge in [0.1, 0.15) is 5.69 Å². The van der Waals surface area contributed by atoms with Gasteiger partial charge >= 0.3 is 0 Å². The molecule has 0 radical (unpaired) electrons. The summed E-state index contributed by atoms with van der Waals surface area (Å²) in [6.45, 7) is 8.18. The first kappa shape index (κ1) is 18.4. The first-order chi connectivity index (χ1) is 11.7. The molecule has 0 aliphatic heterocycles. The lowest BCUT2D eigenvalue weighted by Gasteiger charge is -2.18. The third kappa shape index (κ3) is 5.01. The van der Waals surface area contributed by atoms with E-state index in [1.54, 1.807) is 19.1 Å². The van der Waals surface area contributed by atoms with Crippen molar-refractivity contribution in [3.63, 3.8) is 0 Å². The average Bonchev–Trinajstić information content (AvgIpc) is 2.54. The average molecular weight is 338 g/mol. The van der Waals surface area contributed by atoms with Crippen molar-refractivity contribution < 1.29 is 9.72 Å². The summed E-state index contributed by atoms with van der Waals surface area (Å²) in [4.78, 5) is 22.6. The second kappa shape index (κ2) is 7.30. The van der Waals surface area contributed by atoms with E-state index in [0.717, 1.165) is 11.1 Å². The van der Waals surface area contributed by atoms with E-state index in [-0.39, 0.29) is 16.8 Å². The molecule has 25 heavy (non-hydrogen) atoms. The lowest BCUT2D eigenvalue weighted by Crippen LogP contribution is -2.10. The van der Waals surface area contributed by atoms with E-state index in [1.807, 2.05) is 24.3 Å². The van der Waals surface area contributed by atoms with E-state index < -0.39 is 10.8 Å². The molecule has 2 rings (SSSR count). The van der Waals surface area contributed by atoms with Crippen LogP contribution in [0.15, 0.2) is 48.5 Å². The SMILES string of the molecule is Cc1ccc(NC(=O)/C=C\c2ccc(C(C)(C)C)cc2)c([N+](=O)[O-])c1. The standard InChI is InChI=1S/C20H22N2O3/c1-14-5-11-17(18(13-14)22(24)25)21-19(23)12-8-15-6-9-16(10-7-15)20(2,3)4/h5-13H,1-4H3,(H,21,23)/b12-8-. The van der Waals surface area contributed by atoms with Gasteiger partial charge in [-0.3, -0.25) is 14.9 Å². The highest BCUT2D eigenvalue weighted by molar-refractivity contribution is 6.03. The number of carbonyl (C=O) groups excluding carboxylic acids is 1. The third-order valence-corrected chi connectivity index (χ3v) is 3.81. The molecule has 0 fully saturated rings. The first-order valence-corrected chi connectivity index (χ1v) is 8.01. The Morgan fingerprint density at radius 1 is 1.12 bits per heavy atom. The van der Waals surface area contributed by atoms with Crippen LogP contribution in [-0.2, 0) is 10.2 Å². The number of hydrogen-bond donors (Lipinski definition) is 1. The number of nitrogens with zero attached hydrogens (tertiary/aromatic N) is 1. The molecular weight excluding hydrogens is 316 g/mol. The molecule has 0 bridgehead atoms. The van der Waals surface area contributed by atoms with Crippen LogP contribution in [0.25, 0.3) is 6.08 Å². The highest BCUT2D eigenvalue weighted by Gasteiger charge is 2.15. The quantitative estimate of drug-likeness (QED) is 0.492. The molecule has 0 saturated heterocycles. The molecule has 0 unspecified atom stereocenters. The van der Waals surface area contributed by atoms with E-state index >= 15 is 0 Å². The van der Waals surface area contributed by atoms with Crippen LogP contribution in [0.2, 0.25) is 0 Å². The predicted molar refractivity (Wildman–Crippen MR) is 101 cm³/mol. The lowest BCUT2D eigenvalue weighted by molar-refractivity contribution is -0.384. The highest BCUT2D eigenvalue weighted by Crippen LogP contribution is 2.25. The summed E-state index contributed by atoms with van der Waals surface area (Å²) in [7, 11) is 0. The number of nitro groups is 1. The minimum atomic E-state index is -0.502. The lowest BCUT2D eigenvalue weighted by atomic mass is 9.87. The zero-order chi connectivity index (χ0) is 18.6. The van der Waals surface area contributed by atoms with Crippen molar-refractivity contribution in [2.45, 2.75) is 33.1 Å². The Kier molecular flexibility index (Phi) is 5.37. The van der Waals surface area contributed by atoms with Gasteiger partial charge in [-0.15, -0.1) is 0 Å². The molecule has 0 spiro atoms. The molecule has 0 heterocycles. The first-order valence-electron chi connectivity index (χ1n) is 8.01. The summed E-state index contributed by atoms with van der Waals surface area (Å²) in [5.41, 5.74) is 3.01. The highest BCUT2D eigenvalue weighted by atomic mass is 16.6. The molecule has 2 aromatic rings. The summed E-state index contributed by atoms with van der Waals surface area (Å²) in [6.07, 6.45) is 3.05. The maximum absolute atomic E-state index is 12.1. The van der Waals surface area contributed by atoms with Crippen LogP contribution in [0.3, 0.4) is 0 Å². The fourth-order valence-corrected chi connectivity index (χ4v) is 2.34. The van der Waals surface area contributed by atoms with Crippen molar-refractivity contribution in [3.8, 4) is 0 Å². The Hall–Kier alpha value is -2.95. The van der Waals surface area contributed by atoms with Crippen molar-refractivity contribution in [3.05, 3.63) is 75.3 Å². The van der Waals surface area contributed by atoms with E-state index in [4.69, 9.17) is 0 Å². The Labute approximate surface area is 147 Å². The molecule has 0 aliphatic carbocycles. The summed E-state index contributed by atoms with van der Waals surface area (Å²) in [5, 5.41) is 13.6. The molecule has 0 aliphatic rings. The Morgan fingerprint density at radius 2 is 1.76 bits per heavy atom. The molecule has 0 saturated carbocycles. The molecular formula is C20H22N2O3. The van der Waals surface area contributed by atoms with Gasteiger partial charge in [-0.05, 0) is 41.2 Å². The van der Waals surface area contributed by atoms with Gasteiger partial charge in [0.2, 0.25) is 5.91 Å². The van der Waals surface area contributed by atoms with E-state index in [0.29, 0.717) is 0 Å². The van der Waals surface area contributed by atoms with Gasteiger partial charge < -0.3 is 5.32 Å². The van der Waals surface area contributed by atoms with Crippen LogP contribution in [0.5, 0.6) is 0 Å². The topological polar surface area (TPSA) is 72.2 Å². The molecule has 5 heteroatoms. The van der Waals surface area contributed by atoms with E-state index in [1.165, 1.54) is 23.8 Å². The monoisotopic (exact) mass is 338 g/mol. The Morgan fingerprint density at radius 3 is 2.32 bits per heavy atom. The van der Waals surface area contributed by atoms with Crippen molar-refractivity contribution in [1.29, 1.82) is 0 Å². The van der Waals surface area contributed by atoms with Crippen LogP contribution in [0.4, 0.5) is 11.4 Å². The number of carbonyl (C=O) groups is 1. The van der Waals surface area contributed by atoms with Crippen molar-refractivity contribution in [2.24, 2.45) is 0 Å². The van der Waals surface area contributed by atoms with Crippen molar-refractivity contribution >= 4 is 23.4 Å². The molecule has 1 amide bonds. The fourth-order valence-electron chi connectivity index (χ4n) is 2.34. The number of hydrogen-bond acceptors (Lipinski definition) is 3. The number of anilines is 1. The van der Waals surface area contributed by atoms with Crippen LogP contribution in [-0.4, -0.2) is 10.8 Å². The smallest absolute Gasteiger partial charge is 0.293 e. The zero-order valence-electron chi connectivity index (χ0n) is 14.9. The largest absolute Gasteiger partial charge is 0.317 e. The maximum Gasteiger partial charge on any atom is 0.293 e. The predicted octanol–water partition coefficient (Wildman–Crippen LogP) is 4.85. The zero-order valence-corrected chi connectivity index (χ0v) is 14.9.